The van der Waals surface area contributed by atoms with Crippen LogP contribution in [0.25, 0.3) is 10.9 Å². The molecule has 1 atom stereocenters. The highest BCUT2D eigenvalue weighted by Crippen LogP contribution is 2.34. The molecule has 1 fully saturated rings. The molecule has 0 unspecified atom stereocenters. The van der Waals surface area contributed by atoms with E-state index < -0.39 is 9.84 Å². The molecule has 1 aliphatic heterocycles. The van der Waals surface area contributed by atoms with Crippen LogP contribution in [0.3, 0.4) is 0 Å². The molecule has 0 amide bonds. The Morgan fingerprint density at radius 2 is 1.72 bits per heavy atom. The van der Waals surface area contributed by atoms with Crippen molar-refractivity contribution in [1.82, 2.24) is 9.88 Å². The minimum atomic E-state index is -3.76. The van der Waals surface area contributed by atoms with E-state index in [0.717, 1.165) is 35.9 Å². The summed E-state index contributed by atoms with van der Waals surface area (Å²) in [5.74, 6) is 1.16. The Bertz CT molecular complexity index is 1350. The van der Waals surface area contributed by atoms with Gasteiger partial charge >= 0.3 is 0 Å². The summed E-state index contributed by atoms with van der Waals surface area (Å²) >= 11 is 0. The minimum Gasteiger partial charge on any atom is -0.457 e. The summed E-state index contributed by atoms with van der Waals surface area (Å²) in [4.78, 5) is 5.76. The van der Waals surface area contributed by atoms with Gasteiger partial charge in [-0.15, -0.1) is 0 Å². The smallest absolute Gasteiger partial charge is 0.222 e. The zero-order valence-electron chi connectivity index (χ0n) is 18.0. The highest BCUT2D eigenvalue weighted by Gasteiger charge is 2.29. The molecular formula is C26H26N2O3S. The summed E-state index contributed by atoms with van der Waals surface area (Å²) in [6.45, 7) is 1.05. The highest BCUT2D eigenvalue weighted by atomic mass is 32.2. The summed E-state index contributed by atoms with van der Waals surface area (Å²) in [7, 11) is -1.64. The van der Waals surface area contributed by atoms with Gasteiger partial charge in [-0.2, -0.15) is 0 Å². The van der Waals surface area contributed by atoms with Crippen LogP contribution >= 0.6 is 0 Å². The Balaban J connectivity index is 1.56. The molecule has 1 aliphatic rings. The van der Waals surface area contributed by atoms with Crippen molar-refractivity contribution >= 4 is 20.7 Å². The first-order chi connectivity index (χ1) is 15.5. The number of hydrogen-bond donors (Lipinski definition) is 1. The standard InChI is InChI=1S/C26H26N2O3S/c1-28-16-8-9-19(28)17-24-23-14-5-6-15-25(23)27-26(24)32(29,30)22-13-7-12-21(18-22)31-20-10-3-2-4-11-20/h2-7,10-15,18-19,27H,8-9,16-17H2,1H3/t19-/m1/s1. The van der Waals surface area contributed by atoms with Crippen LogP contribution in [0, 0.1) is 0 Å². The number of ether oxygens (including phenoxy) is 1. The van der Waals surface area contributed by atoms with E-state index in [1.807, 2.05) is 54.6 Å². The van der Waals surface area contributed by atoms with E-state index in [4.69, 9.17) is 4.74 Å². The van der Waals surface area contributed by atoms with E-state index in [1.165, 1.54) is 0 Å². The summed E-state index contributed by atoms with van der Waals surface area (Å²) in [6.07, 6.45) is 2.93. The molecule has 0 bridgehead atoms. The van der Waals surface area contributed by atoms with Crippen molar-refractivity contribution in [3.05, 3.63) is 84.4 Å². The molecular weight excluding hydrogens is 420 g/mol. The number of fused-ring (bicyclic) bond motifs is 1. The lowest BCUT2D eigenvalue weighted by atomic mass is 10.0. The van der Waals surface area contributed by atoms with Gasteiger partial charge in [0.15, 0.2) is 0 Å². The first-order valence-corrected chi connectivity index (χ1v) is 12.4. The van der Waals surface area contributed by atoms with Crippen molar-refractivity contribution in [2.45, 2.75) is 35.2 Å². The zero-order chi connectivity index (χ0) is 22.1. The molecule has 1 saturated heterocycles. The van der Waals surface area contributed by atoms with Gasteiger partial charge in [-0.1, -0.05) is 42.5 Å². The lowest BCUT2D eigenvalue weighted by molar-refractivity contribution is 0.308. The number of rotatable bonds is 6. The van der Waals surface area contributed by atoms with Gasteiger partial charge in [-0.3, -0.25) is 0 Å². The molecule has 32 heavy (non-hydrogen) atoms. The number of likely N-dealkylation sites (tertiary alicyclic amines) is 1. The van der Waals surface area contributed by atoms with E-state index in [9.17, 15) is 8.42 Å². The van der Waals surface area contributed by atoms with Gasteiger partial charge in [0.05, 0.1) is 4.90 Å². The molecule has 1 aromatic heterocycles. The number of likely N-dealkylation sites (N-methyl/N-ethyl adjacent to an activating group) is 1. The van der Waals surface area contributed by atoms with Crippen LogP contribution in [0.15, 0.2) is 88.8 Å². The number of para-hydroxylation sites is 2. The Morgan fingerprint density at radius 1 is 0.969 bits per heavy atom. The largest absolute Gasteiger partial charge is 0.457 e. The van der Waals surface area contributed by atoms with Gasteiger partial charge in [-0.25, -0.2) is 8.42 Å². The van der Waals surface area contributed by atoms with Crippen LogP contribution in [0.1, 0.15) is 18.4 Å². The van der Waals surface area contributed by atoms with E-state index >= 15 is 0 Å². The minimum absolute atomic E-state index is 0.221. The van der Waals surface area contributed by atoms with Crippen LogP contribution in [0.5, 0.6) is 11.5 Å². The molecule has 6 heteroatoms. The van der Waals surface area contributed by atoms with Crippen molar-refractivity contribution in [1.29, 1.82) is 0 Å². The van der Waals surface area contributed by atoms with E-state index in [-0.39, 0.29) is 9.92 Å². The molecule has 164 valence electrons. The molecule has 4 aromatic rings. The topological polar surface area (TPSA) is 62.4 Å². The third-order valence-electron chi connectivity index (χ3n) is 6.25. The van der Waals surface area contributed by atoms with Gasteiger partial charge < -0.3 is 14.6 Å². The third kappa shape index (κ3) is 3.92. The normalized spacial score (nSPS) is 17.1. The van der Waals surface area contributed by atoms with Gasteiger partial charge in [0, 0.05) is 16.9 Å². The number of sulfone groups is 1. The maximum absolute atomic E-state index is 13.8. The average molecular weight is 447 g/mol. The molecule has 0 saturated carbocycles. The second-order valence-electron chi connectivity index (χ2n) is 8.35. The quantitative estimate of drug-likeness (QED) is 0.429. The van der Waals surface area contributed by atoms with E-state index in [0.29, 0.717) is 24.0 Å². The number of H-pyrrole nitrogens is 1. The second kappa shape index (κ2) is 8.45. The average Bonchev–Trinajstić information content (AvgIpc) is 3.39. The van der Waals surface area contributed by atoms with Crippen molar-refractivity contribution < 1.29 is 13.2 Å². The first-order valence-electron chi connectivity index (χ1n) is 10.9. The van der Waals surface area contributed by atoms with Crippen molar-refractivity contribution in [3.8, 4) is 11.5 Å². The Kier molecular flexibility index (Phi) is 5.49. The highest BCUT2D eigenvalue weighted by molar-refractivity contribution is 7.91. The second-order valence-corrected chi connectivity index (χ2v) is 10.2. The fourth-order valence-electron chi connectivity index (χ4n) is 4.53. The van der Waals surface area contributed by atoms with Crippen LogP contribution in [0.2, 0.25) is 0 Å². The van der Waals surface area contributed by atoms with Crippen molar-refractivity contribution in [3.63, 3.8) is 0 Å². The number of aromatic amines is 1. The summed E-state index contributed by atoms with van der Waals surface area (Å²) in [6, 6.07) is 24.2. The molecule has 0 spiro atoms. The lowest BCUT2D eigenvalue weighted by Gasteiger charge is -2.20. The predicted molar refractivity (Wildman–Crippen MR) is 126 cm³/mol. The van der Waals surface area contributed by atoms with E-state index in [2.05, 4.69) is 16.9 Å². The zero-order valence-corrected chi connectivity index (χ0v) is 18.8. The monoisotopic (exact) mass is 446 g/mol. The fraction of sp³-hybridized carbons (Fsp3) is 0.231. The predicted octanol–water partition coefficient (Wildman–Crippen LogP) is 5.43. The number of benzene rings is 3. The van der Waals surface area contributed by atoms with Gasteiger partial charge in [0.1, 0.15) is 16.5 Å². The molecule has 0 radical (unpaired) electrons. The SMILES string of the molecule is CN1CCC[C@@H]1Cc1c(S(=O)(=O)c2cccc(Oc3ccccc3)c2)[nH]c2ccccc12. The fourth-order valence-corrected chi connectivity index (χ4v) is 6.05. The Morgan fingerprint density at radius 3 is 2.50 bits per heavy atom. The van der Waals surface area contributed by atoms with Crippen molar-refractivity contribution in [2.24, 2.45) is 0 Å². The van der Waals surface area contributed by atoms with Gasteiger partial charge in [-0.05, 0) is 74.8 Å². The molecule has 2 heterocycles. The maximum Gasteiger partial charge on any atom is 0.222 e. The number of nitrogens with one attached hydrogen (secondary N) is 1. The number of hydrogen-bond acceptors (Lipinski definition) is 4. The van der Waals surface area contributed by atoms with Gasteiger partial charge in [0.2, 0.25) is 9.84 Å². The Hall–Kier alpha value is -3.09. The summed E-state index contributed by atoms with van der Waals surface area (Å²) in [5.41, 5.74) is 1.71. The first kappa shape index (κ1) is 20.8. The summed E-state index contributed by atoms with van der Waals surface area (Å²) in [5, 5.41) is 1.26. The molecule has 5 nitrogen and oxygen atoms in total. The van der Waals surface area contributed by atoms with E-state index in [1.54, 1.807) is 24.3 Å². The lowest BCUT2D eigenvalue weighted by Crippen LogP contribution is -2.27. The van der Waals surface area contributed by atoms with Crippen LogP contribution < -0.4 is 4.74 Å². The van der Waals surface area contributed by atoms with Crippen molar-refractivity contribution in [2.75, 3.05) is 13.6 Å². The van der Waals surface area contributed by atoms with Crippen LogP contribution in [0.4, 0.5) is 0 Å². The maximum atomic E-state index is 13.8. The molecule has 1 N–H and O–H groups in total. The van der Waals surface area contributed by atoms with Gasteiger partial charge in [0.25, 0.3) is 0 Å². The summed E-state index contributed by atoms with van der Waals surface area (Å²) < 4.78 is 33.4. The molecule has 3 aromatic carbocycles. The van der Waals surface area contributed by atoms with Crippen LogP contribution in [-0.2, 0) is 16.3 Å². The van der Waals surface area contributed by atoms with Crippen LogP contribution in [-0.4, -0.2) is 37.9 Å². The number of aromatic nitrogens is 1. The third-order valence-corrected chi connectivity index (χ3v) is 8.01. The number of nitrogens with zero attached hydrogens (tertiary/aromatic N) is 1. The Labute approximate surface area is 188 Å². The molecule has 5 rings (SSSR count). The molecule has 0 aliphatic carbocycles.